The lowest BCUT2D eigenvalue weighted by molar-refractivity contribution is 0.0560. The topological polar surface area (TPSA) is 18.5 Å². The highest BCUT2D eigenvalue weighted by Gasteiger charge is 2.14. The van der Waals surface area contributed by atoms with Crippen LogP contribution in [-0.4, -0.2) is 13.2 Å². The van der Waals surface area contributed by atoms with Crippen LogP contribution in [0.3, 0.4) is 0 Å². The van der Waals surface area contributed by atoms with E-state index in [2.05, 4.69) is 24.3 Å². The molecule has 0 amide bonds. The van der Waals surface area contributed by atoms with Crippen molar-refractivity contribution in [1.29, 1.82) is 0 Å². The monoisotopic (exact) mass is 304 g/mol. The standard InChI is InChI=1S/C21H20O2/c1-4-10-18(11-5-1)21(19-12-6-2-7-13-19)23-17-16-22-20-14-8-3-9-15-20/h1-15,21H,16-17H2. The number of benzene rings is 3. The molecule has 0 unspecified atom stereocenters. The molecule has 3 rings (SSSR count). The zero-order valence-corrected chi connectivity index (χ0v) is 13.0. The molecule has 0 atom stereocenters. The maximum absolute atomic E-state index is 6.11. The fourth-order valence-electron chi connectivity index (χ4n) is 2.48. The lowest BCUT2D eigenvalue weighted by atomic mass is 10.0. The normalized spacial score (nSPS) is 10.7. The SMILES string of the molecule is c1ccc(OCCOC(c2ccccc2)c2ccccc2)cc1. The van der Waals surface area contributed by atoms with Crippen LogP contribution in [0.2, 0.25) is 0 Å². The summed E-state index contributed by atoms with van der Waals surface area (Å²) in [7, 11) is 0. The average molecular weight is 304 g/mol. The van der Waals surface area contributed by atoms with Gasteiger partial charge < -0.3 is 9.47 Å². The zero-order valence-electron chi connectivity index (χ0n) is 13.0. The molecule has 0 aliphatic rings. The van der Waals surface area contributed by atoms with Gasteiger partial charge in [0.1, 0.15) is 18.5 Å². The Balaban J connectivity index is 1.63. The van der Waals surface area contributed by atoms with Crippen LogP contribution in [0.25, 0.3) is 0 Å². The number of rotatable bonds is 7. The van der Waals surface area contributed by atoms with Gasteiger partial charge in [-0.2, -0.15) is 0 Å². The second kappa shape index (κ2) is 8.16. The molecule has 0 fully saturated rings. The van der Waals surface area contributed by atoms with E-state index in [1.54, 1.807) is 0 Å². The van der Waals surface area contributed by atoms with E-state index < -0.39 is 0 Å². The summed E-state index contributed by atoms with van der Waals surface area (Å²) in [6.45, 7) is 1.06. The van der Waals surface area contributed by atoms with Gasteiger partial charge in [0.25, 0.3) is 0 Å². The van der Waals surface area contributed by atoms with Crippen molar-refractivity contribution in [2.75, 3.05) is 13.2 Å². The summed E-state index contributed by atoms with van der Waals surface area (Å²) in [5.74, 6) is 0.868. The van der Waals surface area contributed by atoms with E-state index in [4.69, 9.17) is 9.47 Å². The van der Waals surface area contributed by atoms with Gasteiger partial charge in [0.05, 0.1) is 6.61 Å². The van der Waals surface area contributed by atoms with Crippen LogP contribution in [0, 0.1) is 0 Å². The Morgan fingerprint density at radius 3 is 1.57 bits per heavy atom. The second-order valence-corrected chi connectivity index (χ2v) is 5.23. The lowest BCUT2D eigenvalue weighted by Crippen LogP contribution is -2.12. The maximum Gasteiger partial charge on any atom is 0.119 e. The molecule has 0 aromatic heterocycles. The summed E-state index contributed by atoms with van der Waals surface area (Å²) >= 11 is 0. The molecule has 2 heteroatoms. The molecule has 0 N–H and O–H groups in total. The Kier molecular flexibility index (Phi) is 5.43. The van der Waals surface area contributed by atoms with Crippen molar-refractivity contribution in [3.63, 3.8) is 0 Å². The number of ether oxygens (including phenoxy) is 2. The van der Waals surface area contributed by atoms with Crippen molar-refractivity contribution in [3.05, 3.63) is 102 Å². The predicted molar refractivity (Wildman–Crippen MR) is 92.6 cm³/mol. The van der Waals surface area contributed by atoms with E-state index in [-0.39, 0.29) is 6.10 Å². The molecule has 116 valence electrons. The predicted octanol–water partition coefficient (Wildman–Crippen LogP) is 4.87. The minimum atomic E-state index is -0.0724. The van der Waals surface area contributed by atoms with Gasteiger partial charge in [-0.25, -0.2) is 0 Å². The smallest absolute Gasteiger partial charge is 0.119 e. The highest BCUT2D eigenvalue weighted by Crippen LogP contribution is 2.25. The fraction of sp³-hybridized carbons (Fsp3) is 0.143. The molecule has 3 aromatic carbocycles. The molecule has 3 aromatic rings. The Labute approximate surface area is 137 Å². The van der Waals surface area contributed by atoms with Crippen LogP contribution in [0.15, 0.2) is 91.0 Å². The third-order valence-electron chi connectivity index (χ3n) is 3.58. The van der Waals surface area contributed by atoms with Crippen molar-refractivity contribution >= 4 is 0 Å². The van der Waals surface area contributed by atoms with Crippen molar-refractivity contribution in [3.8, 4) is 5.75 Å². The van der Waals surface area contributed by atoms with E-state index >= 15 is 0 Å². The quantitative estimate of drug-likeness (QED) is 0.580. The second-order valence-electron chi connectivity index (χ2n) is 5.23. The largest absolute Gasteiger partial charge is 0.491 e. The van der Waals surface area contributed by atoms with Crippen LogP contribution in [-0.2, 0) is 4.74 Å². The number of hydrogen-bond acceptors (Lipinski definition) is 2. The van der Waals surface area contributed by atoms with Crippen LogP contribution in [0.4, 0.5) is 0 Å². The highest BCUT2D eigenvalue weighted by molar-refractivity contribution is 5.29. The van der Waals surface area contributed by atoms with Gasteiger partial charge in [-0.15, -0.1) is 0 Å². The van der Waals surface area contributed by atoms with E-state index in [1.165, 1.54) is 0 Å². The first-order valence-corrected chi connectivity index (χ1v) is 7.83. The molecule has 23 heavy (non-hydrogen) atoms. The lowest BCUT2D eigenvalue weighted by Gasteiger charge is -2.19. The van der Waals surface area contributed by atoms with Gasteiger partial charge in [-0.3, -0.25) is 0 Å². The maximum atomic E-state index is 6.11. The van der Waals surface area contributed by atoms with Crippen LogP contribution in [0.1, 0.15) is 17.2 Å². The molecule has 0 spiro atoms. The van der Waals surface area contributed by atoms with Gasteiger partial charge in [0, 0.05) is 0 Å². The summed E-state index contributed by atoms with van der Waals surface area (Å²) in [6, 6.07) is 30.4. The van der Waals surface area contributed by atoms with Gasteiger partial charge in [0.2, 0.25) is 0 Å². The minimum Gasteiger partial charge on any atom is -0.491 e. The summed E-state index contributed by atoms with van der Waals surface area (Å²) in [6.07, 6.45) is -0.0724. The van der Waals surface area contributed by atoms with Crippen LogP contribution < -0.4 is 4.74 Å². The highest BCUT2D eigenvalue weighted by atomic mass is 16.5. The first-order chi connectivity index (χ1) is 11.4. The molecule has 0 saturated carbocycles. The summed E-state index contributed by atoms with van der Waals surface area (Å²) in [5, 5.41) is 0. The molecular weight excluding hydrogens is 284 g/mol. The molecule has 0 saturated heterocycles. The van der Waals surface area contributed by atoms with Gasteiger partial charge in [-0.1, -0.05) is 78.9 Å². The van der Waals surface area contributed by atoms with Gasteiger partial charge in [0.15, 0.2) is 0 Å². The van der Waals surface area contributed by atoms with Gasteiger partial charge in [-0.05, 0) is 23.3 Å². The first-order valence-electron chi connectivity index (χ1n) is 7.83. The number of hydrogen-bond donors (Lipinski definition) is 0. The Morgan fingerprint density at radius 2 is 1.04 bits per heavy atom. The molecule has 2 nitrogen and oxygen atoms in total. The molecule has 0 radical (unpaired) electrons. The van der Waals surface area contributed by atoms with E-state index in [0.29, 0.717) is 13.2 Å². The molecule has 0 heterocycles. The molecule has 0 aliphatic carbocycles. The Morgan fingerprint density at radius 1 is 0.565 bits per heavy atom. The molecule has 0 bridgehead atoms. The summed E-state index contributed by atoms with van der Waals surface area (Å²) < 4.78 is 11.8. The minimum absolute atomic E-state index is 0.0724. The van der Waals surface area contributed by atoms with Crippen molar-refractivity contribution < 1.29 is 9.47 Å². The zero-order chi connectivity index (χ0) is 15.7. The summed E-state index contributed by atoms with van der Waals surface area (Å²) in [5.41, 5.74) is 2.30. The van der Waals surface area contributed by atoms with Crippen LogP contribution in [0.5, 0.6) is 5.75 Å². The number of para-hydroxylation sites is 1. The van der Waals surface area contributed by atoms with Crippen molar-refractivity contribution in [2.24, 2.45) is 0 Å². The Hall–Kier alpha value is -2.58. The third-order valence-corrected chi connectivity index (χ3v) is 3.58. The fourth-order valence-corrected chi connectivity index (χ4v) is 2.48. The summed E-state index contributed by atoms with van der Waals surface area (Å²) in [4.78, 5) is 0. The van der Waals surface area contributed by atoms with Crippen LogP contribution >= 0.6 is 0 Å². The van der Waals surface area contributed by atoms with E-state index in [0.717, 1.165) is 16.9 Å². The van der Waals surface area contributed by atoms with E-state index in [1.807, 2.05) is 66.7 Å². The average Bonchev–Trinajstić information content (AvgIpc) is 2.64. The first kappa shape index (κ1) is 15.3. The molecule has 0 aliphatic heterocycles. The van der Waals surface area contributed by atoms with Gasteiger partial charge >= 0.3 is 0 Å². The van der Waals surface area contributed by atoms with E-state index in [9.17, 15) is 0 Å². The third kappa shape index (κ3) is 4.44. The van der Waals surface area contributed by atoms with Crippen molar-refractivity contribution in [2.45, 2.75) is 6.10 Å². The van der Waals surface area contributed by atoms with Crippen molar-refractivity contribution in [1.82, 2.24) is 0 Å². The molecular formula is C21H20O2. The Bertz CT molecular complexity index is 641.